The average molecular weight is 389 g/mol. The van der Waals surface area contributed by atoms with Crippen LogP contribution in [0.5, 0.6) is 0 Å². The van der Waals surface area contributed by atoms with Gasteiger partial charge in [0, 0.05) is 29.0 Å². The predicted octanol–water partition coefficient (Wildman–Crippen LogP) is 5.14. The molecule has 1 aliphatic carbocycles. The molecule has 1 saturated carbocycles. The smallest absolute Gasteiger partial charge is 0.274 e. The third-order valence-corrected chi connectivity index (χ3v) is 7.56. The summed E-state index contributed by atoms with van der Waals surface area (Å²) in [4.78, 5) is 7.41. The molecule has 150 valence electrons. The number of benzene rings is 1. The molecule has 0 radical (unpaired) electrons. The maximum Gasteiger partial charge on any atom is 0.274 e. The third-order valence-electron chi connectivity index (χ3n) is 7.56. The maximum atomic E-state index is 5.85. The Bertz CT molecular complexity index is 1130. The molecule has 0 unspecified atom stereocenters. The lowest BCUT2D eigenvalue weighted by atomic mass is 9.69. The molecule has 0 bridgehead atoms. The Balaban J connectivity index is 1.67. The molecular weight excluding hydrogens is 360 g/mol. The highest BCUT2D eigenvalue weighted by Crippen LogP contribution is 2.55. The van der Waals surface area contributed by atoms with Crippen molar-refractivity contribution in [3.63, 3.8) is 0 Å². The Hall–Kier alpha value is -2.40. The van der Waals surface area contributed by atoms with E-state index in [0.29, 0.717) is 17.9 Å². The second-order valence-electron chi connectivity index (χ2n) is 9.05. The summed E-state index contributed by atoms with van der Waals surface area (Å²) in [6.07, 6.45) is 8.08. The summed E-state index contributed by atoms with van der Waals surface area (Å²) in [6.45, 7) is 5.74. The van der Waals surface area contributed by atoms with E-state index in [1.807, 2.05) is 0 Å². The second-order valence-corrected chi connectivity index (χ2v) is 9.05. The van der Waals surface area contributed by atoms with Gasteiger partial charge in [-0.15, -0.1) is 0 Å². The van der Waals surface area contributed by atoms with Crippen molar-refractivity contribution in [3.8, 4) is 0 Å². The number of likely N-dealkylation sites (N-methyl/N-ethyl adjacent to an activating group) is 1. The highest BCUT2D eigenvalue weighted by atomic mass is 16.5. The third kappa shape index (κ3) is 2.31. The molecule has 2 aromatic heterocycles. The van der Waals surface area contributed by atoms with Gasteiger partial charge in [0.05, 0.1) is 11.6 Å². The highest BCUT2D eigenvalue weighted by molar-refractivity contribution is 5.91. The standard InChI is InChI=1S/C24H28N4O/c1-4-24(5-2)14-19(23-25-22(26-29-23)15-10-11-15)28-18-9-7-6-8-16(18)17-12-13-27(3)21(24)20(17)28/h6-9,14-15,21H,4-5,10-13H2,1-3H3/t21-/m1/s1. The minimum absolute atomic E-state index is 0.0673. The van der Waals surface area contributed by atoms with Crippen molar-refractivity contribution in [1.29, 1.82) is 0 Å². The zero-order valence-electron chi connectivity index (χ0n) is 17.5. The Morgan fingerprint density at radius 2 is 1.97 bits per heavy atom. The number of nitrogens with zero attached hydrogens (tertiary/aromatic N) is 4. The van der Waals surface area contributed by atoms with Crippen molar-refractivity contribution in [2.75, 3.05) is 13.6 Å². The van der Waals surface area contributed by atoms with Gasteiger partial charge in [0.25, 0.3) is 5.89 Å². The fourth-order valence-electron chi connectivity index (χ4n) is 5.73. The van der Waals surface area contributed by atoms with E-state index in [1.54, 1.807) is 0 Å². The monoisotopic (exact) mass is 388 g/mol. The molecule has 3 aromatic rings. The molecule has 1 atom stereocenters. The van der Waals surface area contributed by atoms with E-state index in [4.69, 9.17) is 9.51 Å². The normalized spacial score (nSPS) is 23.3. The van der Waals surface area contributed by atoms with E-state index < -0.39 is 0 Å². The first-order chi connectivity index (χ1) is 14.2. The van der Waals surface area contributed by atoms with Crippen molar-refractivity contribution in [2.45, 2.75) is 57.9 Å². The zero-order valence-corrected chi connectivity index (χ0v) is 17.5. The summed E-state index contributed by atoms with van der Waals surface area (Å²) in [7, 11) is 2.28. The Labute approximate surface area is 171 Å². The number of rotatable bonds is 4. The second kappa shape index (κ2) is 6.05. The van der Waals surface area contributed by atoms with Crippen LogP contribution in [0.25, 0.3) is 16.6 Å². The van der Waals surface area contributed by atoms with Crippen LogP contribution in [-0.4, -0.2) is 33.2 Å². The Morgan fingerprint density at radius 3 is 2.72 bits per heavy atom. The number of fused-ring (bicyclic) bond motifs is 3. The van der Waals surface area contributed by atoms with Crippen LogP contribution in [0.2, 0.25) is 0 Å². The Morgan fingerprint density at radius 1 is 1.17 bits per heavy atom. The van der Waals surface area contributed by atoms with Crippen molar-refractivity contribution in [1.82, 2.24) is 19.6 Å². The predicted molar refractivity (Wildman–Crippen MR) is 114 cm³/mol. The molecule has 5 nitrogen and oxygen atoms in total. The van der Waals surface area contributed by atoms with Gasteiger partial charge in [-0.1, -0.05) is 37.2 Å². The molecule has 0 amide bonds. The van der Waals surface area contributed by atoms with Crippen LogP contribution in [0.4, 0.5) is 0 Å². The summed E-state index contributed by atoms with van der Waals surface area (Å²) in [5.74, 6) is 2.05. The van der Waals surface area contributed by atoms with Crippen molar-refractivity contribution >= 4 is 16.6 Å². The fourth-order valence-corrected chi connectivity index (χ4v) is 5.73. The molecule has 5 heteroatoms. The van der Waals surface area contributed by atoms with Gasteiger partial charge < -0.3 is 9.09 Å². The van der Waals surface area contributed by atoms with Crippen LogP contribution < -0.4 is 0 Å². The molecule has 0 N–H and O–H groups in total. The quantitative estimate of drug-likeness (QED) is 0.621. The molecule has 0 saturated heterocycles. The lowest BCUT2D eigenvalue weighted by Crippen LogP contribution is -2.45. The van der Waals surface area contributed by atoms with Gasteiger partial charge in [0.2, 0.25) is 0 Å². The van der Waals surface area contributed by atoms with Crippen molar-refractivity contribution < 1.29 is 4.52 Å². The summed E-state index contributed by atoms with van der Waals surface area (Å²) >= 11 is 0. The van der Waals surface area contributed by atoms with E-state index in [2.05, 4.69) is 65.9 Å². The first kappa shape index (κ1) is 17.5. The number of aromatic nitrogens is 3. The molecule has 6 rings (SSSR count). The van der Waals surface area contributed by atoms with E-state index in [9.17, 15) is 0 Å². The van der Waals surface area contributed by atoms with Crippen LogP contribution in [0.3, 0.4) is 0 Å². The number of hydrogen-bond acceptors (Lipinski definition) is 4. The van der Waals surface area contributed by atoms with Crippen molar-refractivity contribution in [2.24, 2.45) is 5.41 Å². The summed E-state index contributed by atoms with van der Waals surface area (Å²) in [5, 5.41) is 5.70. The fraction of sp³-hybridized carbons (Fsp3) is 0.500. The highest BCUT2D eigenvalue weighted by Gasteiger charge is 2.47. The SMILES string of the molecule is CCC1(CC)C=C(c2nc(C3CC3)no2)n2c3c(c4ccccc42)CCN(C)[C@H]31. The Kier molecular flexibility index (Phi) is 3.64. The molecule has 3 aliphatic rings. The minimum Gasteiger partial charge on any atom is -0.332 e. The van der Waals surface area contributed by atoms with Crippen LogP contribution in [0.1, 0.15) is 74.5 Å². The number of hydrogen-bond donors (Lipinski definition) is 0. The average Bonchev–Trinajstić information content (AvgIpc) is 3.39. The maximum absolute atomic E-state index is 5.85. The van der Waals surface area contributed by atoms with Gasteiger partial charge in [-0.2, -0.15) is 4.98 Å². The molecule has 29 heavy (non-hydrogen) atoms. The molecule has 1 aromatic carbocycles. The van der Waals surface area contributed by atoms with E-state index in [-0.39, 0.29) is 5.41 Å². The van der Waals surface area contributed by atoms with Crippen molar-refractivity contribution in [3.05, 3.63) is 53.3 Å². The topological polar surface area (TPSA) is 47.1 Å². The molecule has 4 heterocycles. The summed E-state index contributed by atoms with van der Waals surface area (Å²) in [5.41, 5.74) is 5.35. The summed E-state index contributed by atoms with van der Waals surface area (Å²) < 4.78 is 8.28. The van der Waals surface area contributed by atoms with Gasteiger partial charge in [0.15, 0.2) is 5.82 Å². The number of para-hydroxylation sites is 1. The zero-order chi connectivity index (χ0) is 19.8. The van der Waals surface area contributed by atoms with Crippen LogP contribution in [0.15, 0.2) is 34.9 Å². The van der Waals surface area contributed by atoms with Gasteiger partial charge in [-0.3, -0.25) is 4.90 Å². The van der Waals surface area contributed by atoms with Crippen LogP contribution >= 0.6 is 0 Å². The summed E-state index contributed by atoms with van der Waals surface area (Å²) in [6, 6.07) is 9.19. The van der Waals surface area contributed by atoms with E-state index >= 15 is 0 Å². The van der Waals surface area contributed by atoms with E-state index in [1.165, 1.54) is 35.0 Å². The van der Waals surface area contributed by atoms with E-state index in [0.717, 1.165) is 37.3 Å². The first-order valence-corrected chi connectivity index (χ1v) is 11.1. The first-order valence-electron chi connectivity index (χ1n) is 11.1. The van der Waals surface area contributed by atoms with Crippen LogP contribution in [0, 0.1) is 5.41 Å². The lowest BCUT2D eigenvalue weighted by molar-refractivity contribution is 0.0938. The minimum atomic E-state index is 0.0673. The molecule has 2 aliphatic heterocycles. The van der Waals surface area contributed by atoms with Gasteiger partial charge in [-0.25, -0.2) is 0 Å². The van der Waals surface area contributed by atoms with Gasteiger partial charge in [-0.05, 0) is 56.9 Å². The van der Waals surface area contributed by atoms with Crippen LogP contribution in [-0.2, 0) is 6.42 Å². The molecule has 0 spiro atoms. The molecular formula is C24H28N4O. The van der Waals surface area contributed by atoms with Gasteiger partial charge >= 0.3 is 0 Å². The molecule has 1 fully saturated rings. The largest absolute Gasteiger partial charge is 0.332 e. The van der Waals surface area contributed by atoms with Gasteiger partial charge in [0.1, 0.15) is 5.70 Å². The lowest BCUT2D eigenvalue weighted by Gasteiger charge is -2.48.